The van der Waals surface area contributed by atoms with Gasteiger partial charge in [-0.2, -0.15) is 0 Å². The molecule has 4 heteroatoms. The zero-order valence-electron chi connectivity index (χ0n) is 12.2. The molecule has 4 nitrogen and oxygen atoms in total. The molecule has 0 unspecified atom stereocenters. The molecule has 0 aliphatic heterocycles. The largest absolute Gasteiger partial charge is 0.396 e. The van der Waals surface area contributed by atoms with Gasteiger partial charge in [-0.25, -0.2) is 0 Å². The standard InChI is InChI=1S/C17H22N2O2/c20-11-5-10-19(16-8-4-9-16)13-15-12-17(21-18-15)14-6-2-1-3-7-14/h1-3,6-7,12,16,20H,4-5,8-11,13H2. The van der Waals surface area contributed by atoms with E-state index in [9.17, 15) is 0 Å². The number of aromatic nitrogens is 1. The minimum Gasteiger partial charge on any atom is -0.396 e. The smallest absolute Gasteiger partial charge is 0.167 e. The van der Waals surface area contributed by atoms with Crippen LogP contribution in [0.2, 0.25) is 0 Å². The van der Waals surface area contributed by atoms with Crippen LogP contribution in [0.5, 0.6) is 0 Å². The number of rotatable bonds is 7. The summed E-state index contributed by atoms with van der Waals surface area (Å²) in [6.45, 7) is 1.98. The Bertz CT molecular complexity index is 549. The van der Waals surface area contributed by atoms with E-state index in [1.54, 1.807) is 0 Å². The summed E-state index contributed by atoms with van der Waals surface area (Å²) >= 11 is 0. The average molecular weight is 286 g/mol. The van der Waals surface area contributed by atoms with Crippen LogP contribution in [-0.2, 0) is 6.54 Å². The lowest BCUT2D eigenvalue weighted by Crippen LogP contribution is -2.40. The highest BCUT2D eigenvalue weighted by molar-refractivity contribution is 5.56. The van der Waals surface area contributed by atoms with Crippen LogP contribution >= 0.6 is 0 Å². The van der Waals surface area contributed by atoms with Crippen LogP contribution in [0, 0.1) is 0 Å². The summed E-state index contributed by atoms with van der Waals surface area (Å²) < 4.78 is 5.46. The number of hydrogen-bond acceptors (Lipinski definition) is 4. The highest BCUT2D eigenvalue weighted by atomic mass is 16.5. The lowest BCUT2D eigenvalue weighted by molar-refractivity contribution is 0.107. The van der Waals surface area contributed by atoms with E-state index in [2.05, 4.69) is 10.1 Å². The van der Waals surface area contributed by atoms with Gasteiger partial charge in [0.05, 0.1) is 5.69 Å². The average Bonchev–Trinajstić information content (AvgIpc) is 2.92. The summed E-state index contributed by atoms with van der Waals surface area (Å²) in [6.07, 6.45) is 4.65. The molecule has 1 heterocycles. The van der Waals surface area contributed by atoms with E-state index in [1.165, 1.54) is 19.3 Å². The lowest BCUT2D eigenvalue weighted by atomic mass is 9.91. The van der Waals surface area contributed by atoms with E-state index in [0.717, 1.165) is 36.5 Å². The van der Waals surface area contributed by atoms with Crippen molar-refractivity contribution < 1.29 is 9.63 Å². The van der Waals surface area contributed by atoms with Crippen molar-refractivity contribution in [2.75, 3.05) is 13.2 Å². The molecule has 0 saturated heterocycles. The molecule has 1 aliphatic carbocycles. The lowest BCUT2D eigenvalue weighted by Gasteiger charge is -2.37. The van der Waals surface area contributed by atoms with Gasteiger partial charge in [0.2, 0.25) is 0 Å². The molecule has 21 heavy (non-hydrogen) atoms. The van der Waals surface area contributed by atoms with Gasteiger partial charge in [-0.15, -0.1) is 0 Å². The van der Waals surface area contributed by atoms with E-state index < -0.39 is 0 Å². The SMILES string of the molecule is OCCCN(Cc1cc(-c2ccccc2)on1)C1CCC1. The first-order valence-electron chi connectivity index (χ1n) is 7.73. The monoisotopic (exact) mass is 286 g/mol. The molecule has 1 saturated carbocycles. The van der Waals surface area contributed by atoms with Crippen LogP contribution in [0.25, 0.3) is 11.3 Å². The molecule has 2 aromatic rings. The van der Waals surface area contributed by atoms with Crippen molar-refractivity contribution >= 4 is 0 Å². The molecule has 1 aromatic heterocycles. The molecule has 1 N–H and O–H groups in total. The highest BCUT2D eigenvalue weighted by Gasteiger charge is 2.25. The second kappa shape index (κ2) is 6.87. The molecule has 1 aromatic carbocycles. The molecule has 1 aliphatic rings. The van der Waals surface area contributed by atoms with Gasteiger partial charge in [0.15, 0.2) is 5.76 Å². The third kappa shape index (κ3) is 3.52. The van der Waals surface area contributed by atoms with Crippen molar-refractivity contribution in [3.05, 3.63) is 42.1 Å². The van der Waals surface area contributed by atoms with Crippen LogP contribution in [0.1, 0.15) is 31.4 Å². The van der Waals surface area contributed by atoms with Crippen molar-refractivity contribution in [3.8, 4) is 11.3 Å². The maximum atomic E-state index is 9.05. The van der Waals surface area contributed by atoms with Gasteiger partial charge in [0, 0.05) is 37.4 Å². The van der Waals surface area contributed by atoms with Crippen LogP contribution in [0.4, 0.5) is 0 Å². The zero-order chi connectivity index (χ0) is 14.5. The van der Waals surface area contributed by atoms with Crippen LogP contribution < -0.4 is 0 Å². The number of hydrogen-bond donors (Lipinski definition) is 1. The minimum absolute atomic E-state index is 0.247. The molecular weight excluding hydrogens is 264 g/mol. The summed E-state index contributed by atoms with van der Waals surface area (Å²) in [4.78, 5) is 2.42. The van der Waals surface area contributed by atoms with E-state index in [1.807, 2.05) is 36.4 Å². The summed E-state index contributed by atoms with van der Waals surface area (Å²) in [5, 5.41) is 13.2. The second-order valence-corrected chi connectivity index (χ2v) is 5.68. The van der Waals surface area contributed by atoms with Gasteiger partial charge in [0.25, 0.3) is 0 Å². The first kappa shape index (κ1) is 14.3. The molecule has 112 valence electrons. The van der Waals surface area contributed by atoms with Crippen LogP contribution in [0.15, 0.2) is 40.9 Å². The maximum Gasteiger partial charge on any atom is 0.167 e. The molecule has 0 spiro atoms. The predicted octanol–water partition coefficient (Wildman–Crippen LogP) is 3.08. The first-order valence-corrected chi connectivity index (χ1v) is 7.73. The molecule has 0 bridgehead atoms. The number of aliphatic hydroxyl groups is 1. The van der Waals surface area contributed by atoms with Crippen LogP contribution in [-0.4, -0.2) is 34.4 Å². The number of benzene rings is 1. The Balaban J connectivity index is 1.67. The number of nitrogens with zero attached hydrogens (tertiary/aromatic N) is 2. The fraction of sp³-hybridized carbons (Fsp3) is 0.471. The Morgan fingerprint density at radius 1 is 1.24 bits per heavy atom. The van der Waals surface area contributed by atoms with Crippen molar-refractivity contribution in [2.24, 2.45) is 0 Å². The Labute approximate surface area is 125 Å². The van der Waals surface area contributed by atoms with E-state index >= 15 is 0 Å². The molecular formula is C17H22N2O2. The Hall–Kier alpha value is -1.65. The van der Waals surface area contributed by atoms with Crippen molar-refractivity contribution in [2.45, 2.75) is 38.3 Å². The normalized spacial score (nSPS) is 15.3. The van der Waals surface area contributed by atoms with Crippen molar-refractivity contribution in [1.82, 2.24) is 10.1 Å². The Morgan fingerprint density at radius 2 is 2.05 bits per heavy atom. The minimum atomic E-state index is 0.247. The van der Waals surface area contributed by atoms with Gasteiger partial charge < -0.3 is 9.63 Å². The third-order valence-corrected chi connectivity index (χ3v) is 4.18. The summed E-state index contributed by atoms with van der Waals surface area (Å²) in [7, 11) is 0. The first-order chi connectivity index (χ1) is 10.4. The fourth-order valence-electron chi connectivity index (χ4n) is 2.75. The summed E-state index contributed by atoms with van der Waals surface area (Å²) in [5.41, 5.74) is 2.03. The van der Waals surface area contributed by atoms with E-state index in [0.29, 0.717) is 6.04 Å². The number of aliphatic hydroxyl groups excluding tert-OH is 1. The van der Waals surface area contributed by atoms with Crippen molar-refractivity contribution in [3.63, 3.8) is 0 Å². The highest BCUT2D eigenvalue weighted by Crippen LogP contribution is 2.27. The maximum absolute atomic E-state index is 9.05. The molecule has 0 radical (unpaired) electrons. The second-order valence-electron chi connectivity index (χ2n) is 5.68. The van der Waals surface area contributed by atoms with Gasteiger partial charge in [0.1, 0.15) is 0 Å². The Morgan fingerprint density at radius 3 is 2.71 bits per heavy atom. The van der Waals surface area contributed by atoms with E-state index in [-0.39, 0.29) is 6.61 Å². The molecule has 1 fully saturated rings. The third-order valence-electron chi connectivity index (χ3n) is 4.18. The molecule has 3 rings (SSSR count). The fourth-order valence-corrected chi connectivity index (χ4v) is 2.75. The quantitative estimate of drug-likeness (QED) is 0.850. The van der Waals surface area contributed by atoms with Gasteiger partial charge >= 0.3 is 0 Å². The molecule has 0 atom stereocenters. The topological polar surface area (TPSA) is 49.5 Å². The van der Waals surface area contributed by atoms with Gasteiger partial charge in [-0.1, -0.05) is 41.9 Å². The zero-order valence-corrected chi connectivity index (χ0v) is 12.2. The van der Waals surface area contributed by atoms with Gasteiger partial charge in [-0.3, -0.25) is 4.90 Å². The van der Waals surface area contributed by atoms with Crippen LogP contribution in [0.3, 0.4) is 0 Å². The molecule has 0 amide bonds. The summed E-state index contributed by atoms with van der Waals surface area (Å²) in [6, 6.07) is 12.7. The summed E-state index contributed by atoms with van der Waals surface area (Å²) in [5.74, 6) is 0.821. The Kier molecular flexibility index (Phi) is 4.68. The van der Waals surface area contributed by atoms with Gasteiger partial charge in [-0.05, 0) is 19.3 Å². The van der Waals surface area contributed by atoms with Crippen molar-refractivity contribution in [1.29, 1.82) is 0 Å². The predicted molar refractivity (Wildman–Crippen MR) is 81.7 cm³/mol. The van der Waals surface area contributed by atoms with E-state index in [4.69, 9.17) is 9.63 Å².